The Kier molecular flexibility index (Phi) is 3.90. The van der Waals surface area contributed by atoms with E-state index in [0.717, 1.165) is 41.6 Å². The van der Waals surface area contributed by atoms with E-state index in [-0.39, 0.29) is 0 Å². The molecule has 0 saturated carbocycles. The zero-order valence-electron chi connectivity index (χ0n) is 14.6. The molecule has 1 aliphatic rings. The van der Waals surface area contributed by atoms with Crippen LogP contribution in [-0.4, -0.2) is 28.6 Å². The van der Waals surface area contributed by atoms with E-state index < -0.39 is 0 Å². The van der Waals surface area contributed by atoms with Gasteiger partial charge in [-0.05, 0) is 37.1 Å². The Hall–Kier alpha value is -2.85. The average molecular weight is 330 g/mol. The van der Waals surface area contributed by atoms with Crippen molar-refractivity contribution in [2.75, 3.05) is 13.1 Å². The summed E-state index contributed by atoms with van der Waals surface area (Å²) in [4.78, 5) is 4.65. The summed E-state index contributed by atoms with van der Waals surface area (Å²) in [7, 11) is 0. The molecule has 2 aromatic carbocycles. The minimum atomic E-state index is 0.727. The summed E-state index contributed by atoms with van der Waals surface area (Å²) in [5.74, 6) is 7.00. The van der Waals surface area contributed by atoms with Gasteiger partial charge in [0.15, 0.2) is 0 Å². The van der Waals surface area contributed by atoms with Gasteiger partial charge in [-0.15, -0.1) is 0 Å². The lowest BCUT2D eigenvalue weighted by Gasteiger charge is -2.20. The zero-order valence-corrected chi connectivity index (χ0v) is 14.6. The van der Waals surface area contributed by atoms with E-state index in [2.05, 4.69) is 84.1 Å². The number of benzene rings is 2. The molecule has 1 aromatic heterocycles. The second-order valence-corrected chi connectivity index (χ2v) is 6.55. The molecule has 4 heteroatoms. The molecule has 4 nitrogen and oxygen atoms in total. The Balaban J connectivity index is 1.90. The Morgan fingerprint density at radius 1 is 0.760 bits per heavy atom. The third-order valence-corrected chi connectivity index (χ3v) is 4.63. The van der Waals surface area contributed by atoms with Crippen LogP contribution >= 0.6 is 0 Å². The minimum Gasteiger partial charge on any atom is -0.279 e. The predicted octanol–water partition coefficient (Wildman–Crippen LogP) is 3.83. The lowest BCUT2D eigenvalue weighted by Crippen LogP contribution is -2.39. The van der Waals surface area contributed by atoms with Crippen LogP contribution in [0.15, 0.2) is 65.7 Å². The van der Waals surface area contributed by atoms with Crippen molar-refractivity contribution >= 4 is 5.96 Å². The first kappa shape index (κ1) is 15.7. The van der Waals surface area contributed by atoms with Crippen LogP contribution in [0.1, 0.15) is 11.1 Å². The van der Waals surface area contributed by atoms with Crippen molar-refractivity contribution in [2.24, 2.45) is 10.8 Å². The molecule has 1 aliphatic heterocycles. The first-order valence-corrected chi connectivity index (χ1v) is 8.56. The average Bonchev–Trinajstić information content (AvgIpc) is 3.22. The van der Waals surface area contributed by atoms with Crippen LogP contribution in [0, 0.1) is 13.8 Å². The van der Waals surface area contributed by atoms with Gasteiger partial charge in [0.1, 0.15) is 0 Å². The number of aliphatic imine (C=N–C) groups is 1. The lowest BCUT2D eigenvalue weighted by molar-refractivity contribution is 0.471. The number of hydrogen-bond acceptors (Lipinski definition) is 3. The number of nitrogens with two attached hydrogens (primary N) is 1. The summed E-state index contributed by atoms with van der Waals surface area (Å²) in [6.07, 6.45) is 0. The normalized spacial score (nSPS) is 14.0. The zero-order chi connectivity index (χ0) is 17.4. The van der Waals surface area contributed by atoms with E-state index in [0.29, 0.717) is 0 Å². The first-order chi connectivity index (χ1) is 12.1. The number of hydrazine groups is 1. The van der Waals surface area contributed by atoms with Gasteiger partial charge in [0.05, 0.1) is 24.5 Å². The number of nitrogens with zero attached hydrogens (tertiary/aromatic N) is 3. The van der Waals surface area contributed by atoms with Crippen molar-refractivity contribution in [1.29, 1.82) is 0 Å². The molecule has 0 radical (unpaired) electrons. The van der Waals surface area contributed by atoms with Crippen LogP contribution in [0.25, 0.3) is 22.5 Å². The highest BCUT2D eigenvalue weighted by Gasteiger charge is 2.22. The highest BCUT2D eigenvalue weighted by Crippen LogP contribution is 2.30. The second-order valence-electron chi connectivity index (χ2n) is 6.55. The molecule has 0 aliphatic carbocycles. The van der Waals surface area contributed by atoms with E-state index in [1.807, 2.05) is 0 Å². The largest absolute Gasteiger partial charge is 0.279 e. The van der Waals surface area contributed by atoms with Crippen LogP contribution in [0.2, 0.25) is 0 Å². The van der Waals surface area contributed by atoms with Crippen molar-refractivity contribution < 1.29 is 0 Å². The molecule has 0 unspecified atom stereocenters. The Morgan fingerprint density at radius 3 is 1.64 bits per heavy atom. The molecular formula is C21H22N4. The molecule has 0 atom stereocenters. The maximum absolute atomic E-state index is 6.19. The van der Waals surface area contributed by atoms with Gasteiger partial charge in [0.25, 0.3) is 0 Å². The van der Waals surface area contributed by atoms with E-state index in [9.17, 15) is 0 Å². The Bertz CT molecular complexity index is 855. The standard InChI is InChI=1S/C21H22N4/c1-15-3-7-17(8-4-15)19-11-12-20(18-9-5-16(2)6-10-18)25(19)21-23-13-14-24(21)22/h3-12H,13-14,22H2,1-2H3. The van der Waals surface area contributed by atoms with Crippen LogP contribution in [0.4, 0.5) is 0 Å². The SMILES string of the molecule is Cc1ccc(-c2ccc(-c3ccc(C)cc3)n2C2=NCCN2N)cc1. The van der Waals surface area contributed by atoms with Gasteiger partial charge >= 0.3 is 0 Å². The minimum absolute atomic E-state index is 0.727. The molecule has 0 fully saturated rings. The number of hydrogen-bond donors (Lipinski definition) is 1. The van der Waals surface area contributed by atoms with Crippen molar-refractivity contribution in [3.05, 3.63) is 71.8 Å². The van der Waals surface area contributed by atoms with Crippen molar-refractivity contribution in [1.82, 2.24) is 9.58 Å². The van der Waals surface area contributed by atoms with Crippen molar-refractivity contribution in [2.45, 2.75) is 13.8 Å². The van der Waals surface area contributed by atoms with Gasteiger partial charge in [0.2, 0.25) is 5.96 Å². The third kappa shape index (κ3) is 2.85. The fourth-order valence-corrected chi connectivity index (χ4v) is 3.20. The monoisotopic (exact) mass is 330 g/mol. The number of rotatable bonds is 2. The summed E-state index contributed by atoms with van der Waals surface area (Å²) < 4.78 is 2.17. The Labute approximate surface area is 148 Å². The molecule has 0 saturated heterocycles. The molecule has 25 heavy (non-hydrogen) atoms. The molecule has 2 N–H and O–H groups in total. The third-order valence-electron chi connectivity index (χ3n) is 4.63. The molecule has 0 bridgehead atoms. The Morgan fingerprint density at radius 2 is 1.24 bits per heavy atom. The quantitative estimate of drug-likeness (QED) is 0.726. The molecule has 0 spiro atoms. The van der Waals surface area contributed by atoms with Crippen LogP contribution in [-0.2, 0) is 0 Å². The maximum atomic E-state index is 6.19. The van der Waals surface area contributed by atoms with Gasteiger partial charge in [-0.3, -0.25) is 9.58 Å². The van der Waals surface area contributed by atoms with Gasteiger partial charge < -0.3 is 0 Å². The molecular weight excluding hydrogens is 308 g/mol. The summed E-state index contributed by atoms with van der Waals surface area (Å²) >= 11 is 0. The molecule has 4 rings (SSSR count). The molecule has 0 amide bonds. The van der Waals surface area contributed by atoms with Gasteiger partial charge in [-0.2, -0.15) is 0 Å². The highest BCUT2D eigenvalue weighted by molar-refractivity contribution is 5.92. The van der Waals surface area contributed by atoms with Gasteiger partial charge in [0, 0.05) is 0 Å². The molecule has 126 valence electrons. The summed E-state index contributed by atoms with van der Waals surface area (Å²) in [5, 5.41) is 1.73. The maximum Gasteiger partial charge on any atom is 0.220 e. The second kappa shape index (κ2) is 6.22. The van der Waals surface area contributed by atoms with E-state index >= 15 is 0 Å². The van der Waals surface area contributed by atoms with Crippen LogP contribution in [0.3, 0.4) is 0 Å². The summed E-state index contributed by atoms with van der Waals surface area (Å²) in [5.41, 5.74) is 7.02. The molecule has 3 aromatic rings. The summed E-state index contributed by atoms with van der Waals surface area (Å²) in [6, 6.07) is 21.4. The molecule has 2 heterocycles. The predicted molar refractivity (Wildman–Crippen MR) is 103 cm³/mol. The summed E-state index contributed by atoms with van der Waals surface area (Å²) in [6.45, 7) is 5.67. The highest BCUT2D eigenvalue weighted by atomic mass is 15.5. The fourth-order valence-electron chi connectivity index (χ4n) is 3.20. The number of aryl methyl sites for hydroxylation is 2. The van der Waals surface area contributed by atoms with E-state index in [1.165, 1.54) is 11.1 Å². The van der Waals surface area contributed by atoms with Gasteiger partial charge in [-0.1, -0.05) is 59.7 Å². The van der Waals surface area contributed by atoms with Crippen LogP contribution in [0.5, 0.6) is 0 Å². The lowest BCUT2D eigenvalue weighted by atomic mass is 10.1. The van der Waals surface area contributed by atoms with Crippen molar-refractivity contribution in [3.63, 3.8) is 0 Å². The van der Waals surface area contributed by atoms with E-state index in [4.69, 9.17) is 5.84 Å². The van der Waals surface area contributed by atoms with Gasteiger partial charge in [-0.25, -0.2) is 10.8 Å². The van der Waals surface area contributed by atoms with Crippen molar-refractivity contribution in [3.8, 4) is 22.5 Å². The first-order valence-electron chi connectivity index (χ1n) is 8.56. The van der Waals surface area contributed by atoms with E-state index in [1.54, 1.807) is 5.01 Å². The van der Waals surface area contributed by atoms with Crippen LogP contribution < -0.4 is 5.84 Å². The fraction of sp³-hybridized carbons (Fsp3) is 0.190. The topological polar surface area (TPSA) is 46.5 Å². The smallest absolute Gasteiger partial charge is 0.220 e. The number of aromatic nitrogens is 1.